The SMILES string of the molecule is CCC(=O)NCC1CO1. The first kappa shape index (κ1) is 6.55. The highest BCUT2D eigenvalue weighted by Crippen LogP contribution is 2.05. The van der Waals surface area contributed by atoms with E-state index in [2.05, 4.69) is 5.32 Å². The van der Waals surface area contributed by atoms with Crippen molar-refractivity contribution < 1.29 is 9.53 Å². The number of hydrogen-bond acceptors (Lipinski definition) is 2. The van der Waals surface area contributed by atoms with Gasteiger partial charge >= 0.3 is 0 Å². The van der Waals surface area contributed by atoms with Gasteiger partial charge in [0.1, 0.15) is 0 Å². The Morgan fingerprint density at radius 2 is 2.56 bits per heavy atom. The fourth-order valence-electron chi connectivity index (χ4n) is 0.539. The van der Waals surface area contributed by atoms with E-state index in [0.29, 0.717) is 19.1 Å². The van der Waals surface area contributed by atoms with Gasteiger partial charge in [0.05, 0.1) is 12.7 Å². The van der Waals surface area contributed by atoms with Crippen molar-refractivity contribution in [2.45, 2.75) is 19.4 Å². The minimum absolute atomic E-state index is 0.102. The third-order valence-corrected chi connectivity index (χ3v) is 1.25. The second-order valence-electron chi connectivity index (χ2n) is 2.11. The molecule has 3 heteroatoms. The molecular formula is C6H11NO2. The van der Waals surface area contributed by atoms with Crippen molar-refractivity contribution in [1.29, 1.82) is 0 Å². The van der Waals surface area contributed by atoms with Crippen molar-refractivity contribution in [1.82, 2.24) is 5.32 Å². The van der Waals surface area contributed by atoms with Crippen molar-refractivity contribution in [3.05, 3.63) is 0 Å². The third-order valence-electron chi connectivity index (χ3n) is 1.25. The Kier molecular flexibility index (Phi) is 2.05. The molecule has 0 spiro atoms. The number of carbonyl (C=O) groups excluding carboxylic acids is 1. The maximum Gasteiger partial charge on any atom is 0.219 e. The topological polar surface area (TPSA) is 41.6 Å². The zero-order chi connectivity index (χ0) is 6.69. The first-order chi connectivity index (χ1) is 4.33. The summed E-state index contributed by atoms with van der Waals surface area (Å²) in [6.07, 6.45) is 0.868. The van der Waals surface area contributed by atoms with E-state index in [9.17, 15) is 4.79 Å². The molecule has 0 radical (unpaired) electrons. The summed E-state index contributed by atoms with van der Waals surface area (Å²) in [6, 6.07) is 0. The van der Waals surface area contributed by atoms with E-state index in [0.717, 1.165) is 6.61 Å². The van der Waals surface area contributed by atoms with Gasteiger partial charge in [-0.3, -0.25) is 4.79 Å². The summed E-state index contributed by atoms with van der Waals surface area (Å²) >= 11 is 0. The van der Waals surface area contributed by atoms with E-state index >= 15 is 0 Å². The van der Waals surface area contributed by atoms with Crippen LogP contribution in [0, 0.1) is 0 Å². The smallest absolute Gasteiger partial charge is 0.219 e. The van der Waals surface area contributed by atoms with E-state index in [4.69, 9.17) is 4.74 Å². The molecule has 0 saturated carbocycles. The minimum atomic E-state index is 0.102. The summed E-state index contributed by atoms with van der Waals surface area (Å²) in [5.74, 6) is 0.102. The summed E-state index contributed by atoms with van der Waals surface area (Å²) in [5.41, 5.74) is 0. The second kappa shape index (κ2) is 2.82. The highest BCUT2D eigenvalue weighted by Gasteiger charge is 2.22. The molecule has 1 saturated heterocycles. The quantitative estimate of drug-likeness (QED) is 0.541. The summed E-state index contributed by atoms with van der Waals surface area (Å²) in [4.78, 5) is 10.6. The Hall–Kier alpha value is -0.570. The third kappa shape index (κ3) is 2.46. The van der Waals surface area contributed by atoms with Gasteiger partial charge in [0.25, 0.3) is 0 Å². The predicted octanol–water partition coefficient (Wildman–Crippen LogP) is -0.0886. The van der Waals surface area contributed by atoms with Crippen LogP contribution in [0.25, 0.3) is 0 Å². The number of amides is 1. The summed E-state index contributed by atoms with van der Waals surface area (Å²) in [5, 5.41) is 2.73. The molecule has 1 aliphatic heterocycles. The average molecular weight is 129 g/mol. The van der Waals surface area contributed by atoms with E-state index in [-0.39, 0.29) is 5.91 Å². The Bertz CT molecular complexity index is 110. The van der Waals surface area contributed by atoms with Gasteiger partial charge in [-0.15, -0.1) is 0 Å². The fraction of sp³-hybridized carbons (Fsp3) is 0.833. The lowest BCUT2D eigenvalue weighted by Crippen LogP contribution is -2.26. The molecule has 0 aromatic rings. The van der Waals surface area contributed by atoms with E-state index in [1.165, 1.54) is 0 Å². The summed E-state index contributed by atoms with van der Waals surface area (Å²) in [6.45, 7) is 3.33. The van der Waals surface area contributed by atoms with Gasteiger partial charge < -0.3 is 10.1 Å². The van der Waals surface area contributed by atoms with E-state index in [1.54, 1.807) is 0 Å². The molecule has 1 fully saturated rings. The molecule has 1 amide bonds. The van der Waals surface area contributed by atoms with Crippen LogP contribution in [0.3, 0.4) is 0 Å². The van der Waals surface area contributed by atoms with E-state index < -0.39 is 0 Å². The maximum absolute atomic E-state index is 10.6. The van der Waals surface area contributed by atoms with Crippen LogP contribution in [-0.2, 0) is 9.53 Å². The number of ether oxygens (including phenoxy) is 1. The number of rotatable bonds is 3. The Morgan fingerprint density at radius 3 is 3.00 bits per heavy atom. The molecule has 3 nitrogen and oxygen atoms in total. The number of nitrogens with one attached hydrogen (secondary N) is 1. The first-order valence-electron chi connectivity index (χ1n) is 3.21. The van der Waals surface area contributed by atoms with Crippen LogP contribution < -0.4 is 5.32 Å². The van der Waals surface area contributed by atoms with Crippen LogP contribution in [0.1, 0.15) is 13.3 Å². The van der Waals surface area contributed by atoms with Crippen molar-refractivity contribution in [3.63, 3.8) is 0 Å². The largest absolute Gasteiger partial charge is 0.371 e. The first-order valence-corrected chi connectivity index (χ1v) is 3.21. The fourth-order valence-corrected chi connectivity index (χ4v) is 0.539. The monoisotopic (exact) mass is 129 g/mol. The Morgan fingerprint density at radius 1 is 1.89 bits per heavy atom. The van der Waals surface area contributed by atoms with Gasteiger partial charge in [0.15, 0.2) is 0 Å². The highest BCUT2D eigenvalue weighted by molar-refractivity contribution is 5.75. The molecule has 0 aromatic carbocycles. The zero-order valence-corrected chi connectivity index (χ0v) is 5.52. The maximum atomic E-state index is 10.6. The minimum Gasteiger partial charge on any atom is -0.371 e. The Labute approximate surface area is 54.4 Å². The lowest BCUT2D eigenvalue weighted by molar-refractivity contribution is -0.120. The molecule has 52 valence electrons. The molecular weight excluding hydrogens is 118 g/mol. The van der Waals surface area contributed by atoms with Crippen LogP contribution in [-0.4, -0.2) is 25.2 Å². The van der Waals surface area contributed by atoms with Crippen LogP contribution in [0.4, 0.5) is 0 Å². The molecule has 1 unspecified atom stereocenters. The van der Waals surface area contributed by atoms with Crippen LogP contribution in [0.15, 0.2) is 0 Å². The van der Waals surface area contributed by atoms with Gasteiger partial charge in [-0.25, -0.2) is 0 Å². The molecule has 0 aliphatic carbocycles. The van der Waals surface area contributed by atoms with Crippen LogP contribution in [0.2, 0.25) is 0 Å². The van der Waals surface area contributed by atoms with Crippen molar-refractivity contribution in [3.8, 4) is 0 Å². The van der Waals surface area contributed by atoms with Crippen molar-refractivity contribution in [2.75, 3.05) is 13.2 Å². The van der Waals surface area contributed by atoms with Gasteiger partial charge in [0.2, 0.25) is 5.91 Å². The molecule has 1 aliphatic rings. The molecule has 1 heterocycles. The molecule has 1 N–H and O–H groups in total. The normalized spacial score (nSPS) is 23.4. The Balaban J connectivity index is 1.96. The van der Waals surface area contributed by atoms with E-state index in [1.807, 2.05) is 6.92 Å². The van der Waals surface area contributed by atoms with Crippen LogP contribution >= 0.6 is 0 Å². The predicted molar refractivity (Wildman–Crippen MR) is 33.0 cm³/mol. The number of hydrogen-bond donors (Lipinski definition) is 1. The van der Waals surface area contributed by atoms with Crippen molar-refractivity contribution >= 4 is 5.91 Å². The second-order valence-corrected chi connectivity index (χ2v) is 2.11. The van der Waals surface area contributed by atoms with Gasteiger partial charge in [-0.2, -0.15) is 0 Å². The molecule has 1 atom stereocenters. The molecule has 0 aromatic heterocycles. The lowest BCUT2D eigenvalue weighted by atomic mass is 10.4. The van der Waals surface area contributed by atoms with Gasteiger partial charge in [-0.1, -0.05) is 6.92 Å². The van der Waals surface area contributed by atoms with Crippen molar-refractivity contribution in [2.24, 2.45) is 0 Å². The number of epoxide rings is 1. The van der Waals surface area contributed by atoms with Crippen LogP contribution in [0.5, 0.6) is 0 Å². The lowest BCUT2D eigenvalue weighted by Gasteiger charge is -1.97. The number of carbonyl (C=O) groups is 1. The summed E-state index contributed by atoms with van der Waals surface area (Å²) in [7, 11) is 0. The zero-order valence-electron chi connectivity index (χ0n) is 5.52. The van der Waals surface area contributed by atoms with Gasteiger partial charge in [0, 0.05) is 13.0 Å². The average Bonchev–Trinajstić information content (AvgIpc) is 2.65. The molecule has 1 rings (SSSR count). The highest BCUT2D eigenvalue weighted by atomic mass is 16.6. The van der Waals surface area contributed by atoms with Gasteiger partial charge in [-0.05, 0) is 0 Å². The summed E-state index contributed by atoms with van der Waals surface area (Å²) < 4.78 is 4.89. The standard InChI is InChI=1S/C6H11NO2/c1-2-6(8)7-3-5-4-9-5/h5H,2-4H2,1H3,(H,7,8). The molecule has 0 bridgehead atoms. The molecule has 9 heavy (non-hydrogen) atoms.